The van der Waals surface area contributed by atoms with E-state index in [2.05, 4.69) is 23.7 Å². The molecule has 0 aromatic heterocycles. The lowest BCUT2D eigenvalue weighted by atomic mass is 10.0. The van der Waals surface area contributed by atoms with E-state index in [0.717, 1.165) is 24.8 Å². The predicted octanol–water partition coefficient (Wildman–Crippen LogP) is 9.77. The molecule has 9 heteroatoms. The third-order valence-corrected chi connectivity index (χ3v) is 7.98. The van der Waals surface area contributed by atoms with Crippen molar-refractivity contribution in [2.45, 2.75) is 122 Å². The summed E-state index contributed by atoms with van der Waals surface area (Å²) in [6.45, 7) is 2.75. The van der Waals surface area contributed by atoms with Gasteiger partial charge in [-0.15, -0.1) is 0 Å². The zero-order valence-corrected chi connectivity index (χ0v) is 27.3. The van der Waals surface area contributed by atoms with Gasteiger partial charge in [-0.1, -0.05) is 134 Å². The molecular weight excluding hydrogens is 581 g/mol. The van der Waals surface area contributed by atoms with E-state index in [1.54, 1.807) is 24.5 Å². The highest BCUT2D eigenvalue weighted by molar-refractivity contribution is 7.88. The first-order valence-electron chi connectivity index (χ1n) is 15.5. The average Bonchev–Trinajstić information content (AvgIpc) is 2.97. The zero-order chi connectivity index (χ0) is 31.1. The quantitative estimate of drug-likeness (QED) is 0.0561. The largest absolute Gasteiger partial charge is 0.534 e. The highest BCUT2D eigenvalue weighted by Gasteiger charge is 2.48. The van der Waals surface area contributed by atoms with Gasteiger partial charge in [0, 0.05) is 12.0 Å². The van der Waals surface area contributed by atoms with Gasteiger partial charge in [0.05, 0.1) is 12.9 Å². The van der Waals surface area contributed by atoms with Crippen molar-refractivity contribution in [1.29, 1.82) is 0 Å². The number of rotatable bonds is 22. The minimum absolute atomic E-state index is 0.208. The minimum Gasteiger partial charge on any atom is -0.494 e. The molecule has 0 saturated carbocycles. The number of hydrogen-bond acceptors (Lipinski definition) is 4. The van der Waals surface area contributed by atoms with Gasteiger partial charge in [-0.25, -0.2) is 0 Å². The van der Waals surface area contributed by atoms with Gasteiger partial charge in [-0.3, -0.25) is 0 Å². The van der Waals surface area contributed by atoms with Crippen LogP contribution in [0.25, 0.3) is 0 Å². The van der Waals surface area contributed by atoms with E-state index in [4.69, 9.17) is 4.74 Å². The molecule has 2 aromatic rings. The number of unbranched alkanes of at least 4 members (excludes halogenated alkanes) is 15. The fourth-order valence-corrected chi connectivity index (χ4v) is 5.18. The van der Waals surface area contributed by atoms with Crippen LogP contribution in [0, 0.1) is 0 Å². The van der Waals surface area contributed by atoms with Crippen molar-refractivity contribution in [2.75, 3.05) is 12.9 Å². The Bertz CT molecular complexity index is 1050. The van der Waals surface area contributed by atoms with Crippen molar-refractivity contribution >= 4 is 22.7 Å². The molecule has 0 fully saturated rings. The molecule has 240 valence electrons. The molecule has 0 heterocycles. The third kappa shape index (κ3) is 16.7. The van der Waals surface area contributed by atoms with Gasteiger partial charge < -0.3 is 8.92 Å². The molecule has 0 saturated heterocycles. The van der Waals surface area contributed by atoms with Crippen molar-refractivity contribution in [1.82, 2.24) is 0 Å². The number of hydrogen-bond donors (Lipinski definition) is 0. The highest BCUT2D eigenvalue weighted by Crippen LogP contribution is 2.32. The topological polar surface area (TPSA) is 52.6 Å². The van der Waals surface area contributed by atoms with E-state index in [9.17, 15) is 21.6 Å². The first-order valence-corrected chi connectivity index (χ1v) is 17.9. The normalized spacial score (nSPS) is 11.6. The van der Waals surface area contributed by atoms with Crippen LogP contribution >= 0.6 is 0 Å². The molecule has 4 nitrogen and oxygen atoms in total. The molecule has 0 aliphatic rings. The van der Waals surface area contributed by atoms with Crippen LogP contribution in [-0.4, -0.2) is 26.8 Å². The van der Waals surface area contributed by atoms with Crippen LogP contribution in [0.5, 0.6) is 11.5 Å². The molecule has 2 aromatic carbocycles. The molecule has 0 amide bonds. The van der Waals surface area contributed by atoms with Crippen LogP contribution < -0.4 is 8.92 Å². The lowest BCUT2D eigenvalue weighted by Crippen LogP contribution is -2.28. The van der Waals surface area contributed by atoms with Gasteiger partial charge in [0.2, 0.25) is 0 Å². The molecule has 0 bridgehead atoms. The fraction of sp³-hybridized carbons (Fsp3) is 0.636. The maximum absolute atomic E-state index is 12.9. The molecule has 0 unspecified atom stereocenters. The lowest BCUT2D eigenvalue weighted by molar-refractivity contribution is -0.0500. The molecule has 42 heavy (non-hydrogen) atoms. The van der Waals surface area contributed by atoms with Crippen LogP contribution in [0.4, 0.5) is 13.2 Å². The summed E-state index contributed by atoms with van der Waals surface area (Å²) in [5, 5.41) is 0. The Morgan fingerprint density at radius 2 is 1.17 bits per heavy atom. The van der Waals surface area contributed by atoms with Crippen LogP contribution in [0.15, 0.2) is 48.5 Å². The SMILES string of the molecule is CCCCCCCCCCCCCCCCCCOc1ccc(OS(=O)(=O)C(F)(F)F)c(Cc2ccccc2)c1.C[SH2+]. The van der Waals surface area contributed by atoms with Crippen LogP contribution in [0.3, 0.4) is 0 Å². The van der Waals surface area contributed by atoms with Gasteiger partial charge >= 0.3 is 15.6 Å². The first kappa shape index (κ1) is 38.2. The van der Waals surface area contributed by atoms with E-state index in [0.29, 0.717) is 17.9 Å². The Labute approximate surface area is 258 Å². The van der Waals surface area contributed by atoms with Crippen molar-refractivity contribution in [3.8, 4) is 11.5 Å². The maximum Gasteiger partial charge on any atom is 0.534 e. The molecule has 0 atom stereocenters. The molecule has 0 aliphatic heterocycles. The fourth-order valence-electron chi connectivity index (χ4n) is 4.69. The number of halogens is 3. The second kappa shape index (κ2) is 22.6. The summed E-state index contributed by atoms with van der Waals surface area (Å²) in [6.07, 6.45) is 22.6. The van der Waals surface area contributed by atoms with E-state index in [-0.39, 0.29) is 12.2 Å². The average molecular weight is 634 g/mol. The Kier molecular flexibility index (Phi) is 20.6. The van der Waals surface area contributed by atoms with Gasteiger partial charge in [0.25, 0.3) is 0 Å². The van der Waals surface area contributed by atoms with Gasteiger partial charge in [-0.05, 0) is 42.8 Å². The van der Waals surface area contributed by atoms with Gasteiger partial charge in [-0.2, -0.15) is 21.6 Å². The van der Waals surface area contributed by atoms with Gasteiger partial charge in [0.1, 0.15) is 11.5 Å². The second-order valence-corrected chi connectivity index (χ2v) is 12.1. The Morgan fingerprint density at radius 3 is 1.64 bits per heavy atom. The summed E-state index contributed by atoms with van der Waals surface area (Å²) in [6, 6.07) is 13.3. The first-order chi connectivity index (χ1) is 20.2. The maximum atomic E-state index is 12.9. The molecule has 0 radical (unpaired) electrons. The van der Waals surface area contributed by atoms with Crippen molar-refractivity contribution < 1.29 is 30.5 Å². The molecule has 0 spiro atoms. The number of alkyl halides is 3. The van der Waals surface area contributed by atoms with Crippen LogP contribution in [0.1, 0.15) is 121 Å². The number of ether oxygens (including phenoxy) is 1. The summed E-state index contributed by atoms with van der Waals surface area (Å²) in [5.41, 5.74) is -4.38. The predicted molar refractivity (Wildman–Crippen MR) is 172 cm³/mol. The highest BCUT2D eigenvalue weighted by atomic mass is 32.2. The third-order valence-electron chi connectivity index (χ3n) is 7.02. The van der Waals surface area contributed by atoms with Crippen LogP contribution in [-0.2, 0) is 29.2 Å². The van der Waals surface area contributed by atoms with E-state index < -0.39 is 15.6 Å². The summed E-state index contributed by atoms with van der Waals surface area (Å²) >= 11 is 2.97. The molecular formula is C33H52F3O4S2+. The van der Waals surface area contributed by atoms with E-state index in [1.807, 2.05) is 18.2 Å². The Morgan fingerprint density at radius 1 is 0.690 bits per heavy atom. The Hall–Kier alpha value is -1.87. The van der Waals surface area contributed by atoms with E-state index in [1.165, 1.54) is 95.6 Å². The van der Waals surface area contributed by atoms with Crippen molar-refractivity contribution in [2.24, 2.45) is 0 Å². The Balaban J connectivity index is 0.00000431. The van der Waals surface area contributed by atoms with Crippen molar-refractivity contribution in [3.05, 3.63) is 59.7 Å². The monoisotopic (exact) mass is 633 g/mol. The van der Waals surface area contributed by atoms with Crippen LogP contribution in [0.2, 0.25) is 0 Å². The summed E-state index contributed by atoms with van der Waals surface area (Å²) in [5.74, 6) is 0.125. The van der Waals surface area contributed by atoms with E-state index >= 15 is 0 Å². The lowest BCUT2D eigenvalue weighted by Gasteiger charge is -2.15. The van der Waals surface area contributed by atoms with Crippen molar-refractivity contribution in [3.63, 3.8) is 0 Å². The smallest absolute Gasteiger partial charge is 0.494 e. The molecule has 0 aliphatic carbocycles. The second-order valence-electron chi connectivity index (χ2n) is 10.6. The molecule has 0 N–H and O–H groups in total. The number of benzene rings is 2. The zero-order valence-electron chi connectivity index (χ0n) is 25.5. The summed E-state index contributed by atoms with van der Waals surface area (Å²) in [4.78, 5) is 0. The standard InChI is InChI=1S/C32H47F3O4S.CH4S/c1-2-3-4-5-6-7-8-9-10-11-12-13-14-15-16-20-25-38-30-23-24-31(39-40(36,37)32(33,34)35)29(27-30)26-28-21-18-17-19-22-28;1-2/h17-19,21-24,27H,2-16,20,25-26H2,1H3;2H,1H3/p+1. The van der Waals surface area contributed by atoms with Gasteiger partial charge in [0.15, 0.2) is 0 Å². The minimum atomic E-state index is -5.76. The molecule has 2 rings (SSSR count). The summed E-state index contributed by atoms with van der Waals surface area (Å²) < 4.78 is 72.1. The summed E-state index contributed by atoms with van der Waals surface area (Å²) in [7, 11) is -5.76.